The monoisotopic (exact) mass is 184 g/mol. The number of hydrogen-bond donors (Lipinski definition) is 1. The van der Waals surface area contributed by atoms with Crippen molar-refractivity contribution in [3.8, 4) is 0 Å². The van der Waals surface area contributed by atoms with E-state index in [1.54, 1.807) is 0 Å². The molecule has 0 aliphatic rings. The molecule has 0 bridgehead atoms. The Kier molecular flexibility index (Phi) is 2.84. The second kappa shape index (κ2) is 3.88. The minimum Gasteiger partial charge on any atom is -0.358 e. The van der Waals surface area contributed by atoms with Crippen LogP contribution in [-0.4, -0.2) is 28.2 Å². The van der Waals surface area contributed by atoms with Gasteiger partial charge in [0.1, 0.15) is 0 Å². The summed E-state index contributed by atoms with van der Waals surface area (Å²) in [7, 11) is 0. The summed E-state index contributed by atoms with van der Waals surface area (Å²) in [6.07, 6.45) is 0. The van der Waals surface area contributed by atoms with E-state index in [0.717, 1.165) is 13.1 Å². The van der Waals surface area contributed by atoms with Gasteiger partial charge in [-0.25, -0.2) is 0 Å². The summed E-state index contributed by atoms with van der Waals surface area (Å²) >= 11 is 0. The minimum atomic E-state index is -0.486. The van der Waals surface area contributed by atoms with E-state index >= 15 is 0 Å². The fourth-order valence-corrected chi connectivity index (χ4v) is 1.10. The summed E-state index contributed by atoms with van der Waals surface area (Å²) in [4.78, 5) is 11.8. The highest BCUT2D eigenvalue weighted by molar-refractivity contribution is 5.43. The Bertz CT molecular complexity index is 292. The van der Waals surface area contributed by atoms with E-state index in [1.165, 1.54) is 6.07 Å². The van der Waals surface area contributed by atoms with Crippen molar-refractivity contribution < 1.29 is 4.92 Å². The summed E-state index contributed by atoms with van der Waals surface area (Å²) in [6, 6.07) is 1.44. The predicted molar refractivity (Wildman–Crippen MR) is 48.8 cm³/mol. The van der Waals surface area contributed by atoms with Gasteiger partial charge in [0, 0.05) is 13.1 Å². The highest BCUT2D eigenvalue weighted by atomic mass is 16.6. The van der Waals surface area contributed by atoms with E-state index in [2.05, 4.69) is 10.2 Å². The number of rotatable bonds is 4. The number of nitrogens with one attached hydrogen (secondary N) is 1. The average Bonchev–Trinajstić information content (AvgIpc) is 2.56. The molecule has 1 rings (SSSR count). The summed E-state index contributed by atoms with van der Waals surface area (Å²) < 4.78 is 0. The van der Waals surface area contributed by atoms with Crippen LogP contribution in [0, 0.1) is 10.1 Å². The third-order valence-corrected chi connectivity index (χ3v) is 1.83. The molecule has 1 aromatic heterocycles. The van der Waals surface area contributed by atoms with Crippen molar-refractivity contribution in [1.82, 2.24) is 10.2 Å². The molecule has 6 nitrogen and oxygen atoms in total. The Morgan fingerprint density at radius 3 is 2.62 bits per heavy atom. The fraction of sp³-hybridized carbons (Fsp3) is 0.571. The Morgan fingerprint density at radius 2 is 2.23 bits per heavy atom. The van der Waals surface area contributed by atoms with E-state index in [1.807, 2.05) is 18.7 Å². The summed E-state index contributed by atoms with van der Waals surface area (Å²) in [5.41, 5.74) is 0. The van der Waals surface area contributed by atoms with Crippen LogP contribution >= 0.6 is 0 Å². The highest BCUT2D eigenvalue weighted by Gasteiger charge is 2.12. The van der Waals surface area contributed by atoms with Crippen LogP contribution in [0.3, 0.4) is 0 Å². The second-order valence-electron chi connectivity index (χ2n) is 2.54. The quantitative estimate of drug-likeness (QED) is 0.562. The van der Waals surface area contributed by atoms with Crippen molar-refractivity contribution in [2.45, 2.75) is 13.8 Å². The third kappa shape index (κ3) is 1.95. The molecule has 0 spiro atoms. The molecule has 1 N–H and O–H groups in total. The van der Waals surface area contributed by atoms with E-state index in [0.29, 0.717) is 5.82 Å². The Labute approximate surface area is 75.7 Å². The second-order valence-corrected chi connectivity index (χ2v) is 2.54. The van der Waals surface area contributed by atoms with Crippen molar-refractivity contribution >= 4 is 11.6 Å². The smallest absolute Gasteiger partial charge is 0.344 e. The van der Waals surface area contributed by atoms with Crippen LogP contribution in [0.4, 0.5) is 11.6 Å². The van der Waals surface area contributed by atoms with Gasteiger partial charge in [0.15, 0.2) is 5.82 Å². The molecule has 1 aromatic rings. The first-order valence-corrected chi connectivity index (χ1v) is 4.13. The maximum atomic E-state index is 10.3. The van der Waals surface area contributed by atoms with Gasteiger partial charge in [-0.15, -0.1) is 5.10 Å². The van der Waals surface area contributed by atoms with Gasteiger partial charge < -0.3 is 15.0 Å². The zero-order valence-electron chi connectivity index (χ0n) is 7.65. The number of nitrogens with zero attached hydrogens (tertiary/aromatic N) is 3. The zero-order valence-corrected chi connectivity index (χ0v) is 7.65. The van der Waals surface area contributed by atoms with Gasteiger partial charge >= 0.3 is 5.82 Å². The van der Waals surface area contributed by atoms with Crippen molar-refractivity contribution in [2.75, 3.05) is 18.0 Å². The van der Waals surface area contributed by atoms with Gasteiger partial charge in [0.05, 0.1) is 6.07 Å². The van der Waals surface area contributed by atoms with Gasteiger partial charge in [-0.2, -0.15) is 0 Å². The van der Waals surface area contributed by atoms with Gasteiger partial charge in [-0.1, -0.05) is 5.10 Å². The fourth-order valence-electron chi connectivity index (χ4n) is 1.10. The summed E-state index contributed by atoms with van der Waals surface area (Å²) in [5.74, 6) is 0.554. The highest BCUT2D eigenvalue weighted by Crippen LogP contribution is 2.16. The van der Waals surface area contributed by atoms with Crippen LogP contribution in [-0.2, 0) is 0 Å². The van der Waals surface area contributed by atoms with Crippen molar-refractivity contribution in [3.63, 3.8) is 0 Å². The zero-order chi connectivity index (χ0) is 9.84. The standard InChI is InChI=1S/C7H12N4O2/c1-3-10(4-2)6-5-7(9-8-6)11(12)13/h5H,3-4H2,1-2H3,(H,8,9). The molecule has 0 aliphatic heterocycles. The molecule has 72 valence electrons. The van der Waals surface area contributed by atoms with Crippen molar-refractivity contribution in [2.24, 2.45) is 0 Å². The Morgan fingerprint density at radius 1 is 1.62 bits per heavy atom. The third-order valence-electron chi connectivity index (χ3n) is 1.83. The van der Waals surface area contributed by atoms with Gasteiger partial charge in [-0.05, 0) is 18.8 Å². The lowest BCUT2D eigenvalue weighted by atomic mass is 10.4. The van der Waals surface area contributed by atoms with Gasteiger partial charge in [0.25, 0.3) is 0 Å². The predicted octanol–water partition coefficient (Wildman–Crippen LogP) is 1.16. The number of aromatic amines is 1. The molecule has 0 amide bonds. The molecule has 0 saturated heterocycles. The van der Waals surface area contributed by atoms with Gasteiger partial charge in [-0.3, -0.25) is 0 Å². The molecule has 0 unspecified atom stereocenters. The lowest BCUT2D eigenvalue weighted by Crippen LogP contribution is -2.21. The van der Waals surface area contributed by atoms with Crippen LogP contribution in [0.2, 0.25) is 0 Å². The van der Waals surface area contributed by atoms with Gasteiger partial charge in [0.2, 0.25) is 0 Å². The molecule has 13 heavy (non-hydrogen) atoms. The van der Waals surface area contributed by atoms with Crippen LogP contribution < -0.4 is 4.90 Å². The lowest BCUT2D eigenvalue weighted by Gasteiger charge is -2.15. The van der Waals surface area contributed by atoms with E-state index in [-0.39, 0.29) is 5.82 Å². The topological polar surface area (TPSA) is 75.1 Å². The molecule has 0 radical (unpaired) electrons. The minimum absolute atomic E-state index is 0.0677. The lowest BCUT2D eigenvalue weighted by molar-refractivity contribution is -0.389. The van der Waals surface area contributed by atoms with Crippen LogP contribution in [0.25, 0.3) is 0 Å². The molecular formula is C7H12N4O2. The first-order valence-electron chi connectivity index (χ1n) is 4.13. The Balaban J connectivity index is 2.84. The Hall–Kier alpha value is -1.59. The summed E-state index contributed by atoms with van der Waals surface area (Å²) in [6.45, 7) is 5.53. The summed E-state index contributed by atoms with van der Waals surface area (Å²) in [5, 5.41) is 16.5. The molecule has 1 heterocycles. The SMILES string of the molecule is CCN(CC)c1cc([N+](=O)[O-])[nH]n1. The molecule has 0 atom stereocenters. The van der Waals surface area contributed by atoms with E-state index < -0.39 is 4.92 Å². The maximum Gasteiger partial charge on any atom is 0.344 e. The molecular weight excluding hydrogens is 172 g/mol. The number of nitro groups is 1. The van der Waals surface area contributed by atoms with Crippen LogP contribution in [0.5, 0.6) is 0 Å². The molecule has 0 fully saturated rings. The number of hydrogen-bond acceptors (Lipinski definition) is 4. The number of H-pyrrole nitrogens is 1. The average molecular weight is 184 g/mol. The first kappa shape index (κ1) is 9.50. The van der Waals surface area contributed by atoms with Crippen LogP contribution in [0.15, 0.2) is 6.07 Å². The van der Waals surface area contributed by atoms with Crippen LogP contribution in [0.1, 0.15) is 13.8 Å². The molecule has 0 saturated carbocycles. The maximum absolute atomic E-state index is 10.3. The molecule has 0 aromatic carbocycles. The first-order chi connectivity index (χ1) is 6.19. The van der Waals surface area contributed by atoms with Crippen molar-refractivity contribution in [1.29, 1.82) is 0 Å². The normalized spacial score (nSPS) is 10.0. The largest absolute Gasteiger partial charge is 0.358 e. The molecule has 6 heteroatoms. The molecule has 0 aliphatic carbocycles. The van der Waals surface area contributed by atoms with E-state index in [4.69, 9.17) is 0 Å². The number of aromatic nitrogens is 2. The van der Waals surface area contributed by atoms with E-state index in [9.17, 15) is 10.1 Å². The number of anilines is 1. The van der Waals surface area contributed by atoms with Crippen molar-refractivity contribution in [3.05, 3.63) is 16.2 Å².